The summed E-state index contributed by atoms with van der Waals surface area (Å²) in [6.45, 7) is 1.44. The van der Waals surface area contributed by atoms with Crippen molar-refractivity contribution >= 4 is 35.4 Å². The topological polar surface area (TPSA) is 149 Å². The van der Waals surface area contributed by atoms with Crippen LogP contribution in [0, 0.1) is 22.9 Å². The number of nitriles is 2. The smallest absolute Gasteiger partial charge is 0.204 e. The van der Waals surface area contributed by atoms with E-state index in [1.54, 1.807) is 37.6 Å². The van der Waals surface area contributed by atoms with Gasteiger partial charge in [0.15, 0.2) is 12.4 Å². The number of aliphatic imine (C=N–C) groups is 2. The molecular weight excluding hydrogens is 384 g/mol. The monoisotopic (exact) mass is 408 g/mol. The molecule has 1 rings (SSSR count). The molecule has 0 bridgehead atoms. The number of nitrogens with zero attached hydrogens (tertiary/aromatic N) is 5. The predicted molar refractivity (Wildman–Crippen MR) is 111 cm³/mol. The van der Waals surface area contributed by atoms with Crippen molar-refractivity contribution in [1.82, 2.24) is 31.5 Å². The number of hydrogen-bond donors (Lipinski definition) is 5. The first-order valence-electron chi connectivity index (χ1n) is 8.13. The van der Waals surface area contributed by atoms with Crippen LogP contribution >= 0.6 is 23.5 Å². The lowest BCUT2D eigenvalue weighted by Gasteiger charge is -2.08. The van der Waals surface area contributed by atoms with Gasteiger partial charge in [-0.1, -0.05) is 0 Å². The molecule has 0 saturated heterocycles. The van der Waals surface area contributed by atoms with E-state index in [0.29, 0.717) is 18.5 Å². The van der Waals surface area contributed by atoms with Crippen LogP contribution < -0.4 is 21.3 Å². The highest BCUT2D eigenvalue weighted by molar-refractivity contribution is 7.98. The summed E-state index contributed by atoms with van der Waals surface area (Å²) in [5.41, 5.74) is 2.32. The van der Waals surface area contributed by atoms with Gasteiger partial charge in [-0.2, -0.15) is 39.1 Å². The van der Waals surface area contributed by atoms with E-state index in [1.165, 1.54) is 5.56 Å². The number of guanidine groups is 2. The van der Waals surface area contributed by atoms with Gasteiger partial charge >= 0.3 is 0 Å². The second-order valence-electron chi connectivity index (χ2n) is 4.95. The highest BCUT2D eigenvalue weighted by Gasteiger charge is 2.06. The summed E-state index contributed by atoms with van der Waals surface area (Å²) < 4.78 is 0. The summed E-state index contributed by atoms with van der Waals surface area (Å²) in [6, 6.07) is 0. The molecule has 0 unspecified atom stereocenters. The minimum Gasteiger partial charge on any atom is -0.355 e. The maximum Gasteiger partial charge on any atom is 0.204 e. The standard InChI is InChI=1S/C15H24N10S2/c1-18-14(22-10-16)20-3-5-26-8-12-7-24-25-13(12)9-27-6-4-21-15(19-2)23-11-17/h7H,3-6,8-9H2,1-2H3,(H,24,25)(H2,18,20,22)(H2,19,21,23). The molecule has 5 N–H and O–H groups in total. The van der Waals surface area contributed by atoms with E-state index < -0.39 is 0 Å². The molecule has 0 radical (unpaired) electrons. The molecule has 0 saturated carbocycles. The van der Waals surface area contributed by atoms with Gasteiger partial charge in [0.05, 0.1) is 6.20 Å². The van der Waals surface area contributed by atoms with Gasteiger partial charge in [-0.05, 0) is 0 Å². The van der Waals surface area contributed by atoms with E-state index >= 15 is 0 Å². The van der Waals surface area contributed by atoms with E-state index in [1.807, 2.05) is 18.6 Å². The fourth-order valence-corrected chi connectivity index (χ4v) is 3.60. The Hall–Kier alpha value is -2.57. The first kappa shape index (κ1) is 22.5. The van der Waals surface area contributed by atoms with E-state index in [9.17, 15) is 0 Å². The Morgan fingerprint density at radius 3 is 2.11 bits per heavy atom. The zero-order valence-corrected chi connectivity index (χ0v) is 17.0. The second-order valence-corrected chi connectivity index (χ2v) is 7.16. The van der Waals surface area contributed by atoms with Crippen molar-refractivity contribution in [2.45, 2.75) is 11.5 Å². The van der Waals surface area contributed by atoms with Crippen LogP contribution in [0.2, 0.25) is 0 Å². The number of hydrogen-bond acceptors (Lipinski definition) is 7. The fourth-order valence-electron chi connectivity index (χ4n) is 1.89. The molecule has 0 atom stereocenters. The minimum absolute atomic E-state index is 0.478. The van der Waals surface area contributed by atoms with Crippen LogP contribution in [-0.2, 0) is 11.5 Å². The van der Waals surface area contributed by atoms with Gasteiger partial charge < -0.3 is 10.6 Å². The summed E-state index contributed by atoms with van der Waals surface area (Å²) in [5.74, 6) is 4.44. The number of aromatic amines is 1. The normalized spacial score (nSPS) is 11.4. The summed E-state index contributed by atoms with van der Waals surface area (Å²) in [4.78, 5) is 7.85. The number of thioether (sulfide) groups is 2. The van der Waals surface area contributed by atoms with Gasteiger partial charge in [0.1, 0.15) is 0 Å². The fraction of sp³-hybridized carbons (Fsp3) is 0.533. The average Bonchev–Trinajstić information content (AvgIpc) is 3.13. The van der Waals surface area contributed by atoms with Crippen LogP contribution in [0.1, 0.15) is 11.3 Å². The molecule has 0 aliphatic carbocycles. The first-order chi connectivity index (χ1) is 13.2. The van der Waals surface area contributed by atoms with Gasteiger partial charge in [-0.15, -0.1) is 0 Å². The number of aromatic nitrogens is 2. The highest BCUT2D eigenvalue weighted by Crippen LogP contribution is 2.18. The van der Waals surface area contributed by atoms with Crippen LogP contribution in [0.5, 0.6) is 0 Å². The number of nitrogens with one attached hydrogen (secondary N) is 5. The molecule has 27 heavy (non-hydrogen) atoms. The molecule has 1 heterocycles. The van der Waals surface area contributed by atoms with Gasteiger partial charge in [0.25, 0.3) is 0 Å². The van der Waals surface area contributed by atoms with E-state index in [0.717, 1.165) is 35.3 Å². The van der Waals surface area contributed by atoms with Crippen molar-refractivity contribution in [3.8, 4) is 12.4 Å². The third-order valence-corrected chi connectivity index (χ3v) is 5.18. The molecule has 0 fully saturated rings. The molecule has 146 valence electrons. The van der Waals surface area contributed by atoms with Gasteiger partial charge in [-0.3, -0.25) is 25.7 Å². The van der Waals surface area contributed by atoms with Crippen LogP contribution in [0.3, 0.4) is 0 Å². The molecule has 0 aromatic carbocycles. The maximum absolute atomic E-state index is 8.57. The Balaban J connectivity index is 2.21. The van der Waals surface area contributed by atoms with E-state index in [-0.39, 0.29) is 0 Å². The van der Waals surface area contributed by atoms with Crippen molar-refractivity contribution in [3.05, 3.63) is 17.5 Å². The largest absolute Gasteiger partial charge is 0.355 e. The number of rotatable bonds is 10. The molecule has 0 spiro atoms. The van der Waals surface area contributed by atoms with Crippen LogP contribution in [0.25, 0.3) is 0 Å². The Morgan fingerprint density at radius 2 is 1.59 bits per heavy atom. The zero-order valence-electron chi connectivity index (χ0n) is 15.4. The van der Waals surface area contributed by atoms with Gasteiger partial charge in [-0.25, -0.2) is 0 Å². The van der Waals surface area contributed by atoms with Gasteiger partial charge in [0, 0.05) is 61.5 Å². The minimum atomic E-state index is 0.478. The Morgan fingerprint density at radius 1 is 1.04 bits per heavy atom. The Kier molecular flexibility index (Phi) is 12.1. The SMILES string of the molecule is CN=C(NC#N)NCCSCc1cn[nH]c1CSCCNC(=NC)NC#N. The Bertz CT molecular complexity index is 629. The predicted octanol–water partition coefficient (Wildman–Crippen LogP) is 0.168. The van der Waals surface area contributed by atoms with Crippen LogP contribution in [0.4, 0.5) is 0 Å². The molecule has 0 amide bonds. The Labute approximate surface area is 167 Å². The molecule has 1 aromatic heterocycles. The zero-order chi connectivity index (χ0) is 19.7. The van der Waals surface area contributed by atoms with Crippen molar-refractivity contribution in [2.24, 2.45) is 9.98 Å². The quantitative estimate of drug-likeness (QED) is 0.120. The lowest BCUT2D eigenvalue weighted by molar-refractivity contribution is 0.929. The lowest BCUT2D eigenvalue weighted by atomic mass is 10.3. The van der Waals surface area contributed by atoms with Crippen molar-refractivity contribution in [1.29, 1.82) is 10.5 Å². The third-order valence-electron chi connectivity index (χ3n) is 3.18. The van der Waals surface area contributed by atoms with E-state index in [4.69, 9.17) is 10.5 Å². The summed E-state index contributed by atoms with van der Waals surface area (Å²) in [6.07, 6.45) is 5.54. The van der Waals surface area contributed by atoms with Crippen LogP contribution in [-0.4, -0.2) is 60.8 Å². The molecule has 1 aromatic rings. The lowest BCUT2D eigenvalue weighted by Crippen LogP contribution is -2.35. The summed E-state index contributed by atoms with van der Waals surface area (Å²) >= 11 is 3.56. The molecule has 0 aliphatic heterocycles. The third kappa shape index (κ3) is 9.63. The average molecular weight is 409 g/mol. The van der Waals surface area contributed by atoms with Crippen LogP contribution in [0.15, 0.2) is 16.2 Å². The first-order valence-corrected chi connectivity index (χ1v) is 10.4. The molecule has 10 nitrogen and oxygen atoms in total. The highest BCUT2D eigenvalue weighted by atomic mass is 32.2. The van der Waals surface area contributed by atoms with E-state index in [2.05, 4.69) is 41.4 Å². The van der Waals surface area contributed by atoms with Gasteiger partial charge in [0.2, 0.25) is 11.9 Å². The van der Waals surface area contributed by atoms with Crippen molar-refractivity contribution in [3.63, 3.8) is 0 Å². The molecule has 12 heteroatoms. The molecular formula is C15H24N10S2. The maximum atomic E-state index is 8.57. The van der Waals surface area contributed by atoms with Crippen molar-refractivity contribution in [2.75, 3.05) is 38.7 Å². The summed E-state index contributed by atoms with van der Waals surface area (Å²) in [7, 11) is 3.25. The molecule has 0 aliphatic rings. The second kappa shape index (κ2) is 14.6. The summed E-state index contributed by atoms with van der Waals surface area (Å²) in [5, 5.41) is 35.4. The van der Waals surface area contributed by atoms with Crippen molar-refractivity contribution < 1.29 is 0 Å². The number of H-pyrrole nitrogens is 1.